The molecule has 0 saturated heterocycles. The summed E-state index contributed by atoms with van der Waals surface area (Å²) in [6.45, 7) is 4.71. The van der Waals surface area contributed by atoms with Crippen LogP contribution in [-0.4, -0.2) is 28.5 Å². The Morgan fingerprint density at radius 1 is 1.29 bits per heavy atom. The lowest BCUT2D eigenvalue weighted by atomic mass is 10.1. The van der Waals surface area contributed by atoms with Crippen LogP contribution in [0.5, 0.6) is 0 Å². The third-order valence-electron chi connectivity index (χ3n) is 3.81. The maximum absolute atomic E-state index is 12.1. The molecule has 0 bridgehead atoms. The van der Waals surface area contributed by atoms with E-state index in [4.69, 9.17) is 4.74 Å². The highest BCUT2D eigenvalue weighted by molar-refractivity contribution is 5.98. The summed E-state index contributed by atoms with van der Waals surface area (Å²) >= 11 is 0. The van der Waals surface area contributed by atoms with Crippen molar-refractivity contribution in [3.63, 3.8) is 0 Å². The lowest BCUT2D eigenvalue weighted by Gasteiger charge is -2.05. The summed E-state index contributed by atoms with van der Waals surface area (Å²) in [5, 5.41) is 0. The van der Waals surface area contributed by atoms with Crippen molar-refractivity contribution in [2.45, 2.75) is 26.7 Å². The highest BCUT2D eigenvalue weighted by Crippen LogP contribution is 2.14. The van der Waals surface area contributed by atoms with Gasteiger partial charge in [0, 0.05) is 43.0 Å². The van der Waals surface area contributed by atoms with E-state index in [1.165, 1.54) is 5.56 Å². The molecule has 0 fully saturated rings. The summed E-state index contributed by atoms with van der Waals surface area (Å²) in [6.07, 6.45) is 5.44. The van der Waals surface area contributed by atoms with Gasteiger partial charge in [0.1, 0.15) is 6.61 Å². The third-order valence-corrected chi connectivity index (χ3v) is 3.81. The lowest BCUT2D eigenvalue weighted by molar-refractivity contribution is 0.0755. The Balaban J connectivity index is 1.73. The van der Waals surface area contributed by atoms with Gasteiger partial charge in [-0.3, -0.25) is 9.78 Å². The largest absolute Gasteiger partial charge is 0.373 e. The summed E-state index contributed by atoms with van der Waals surface area (Å²) in [7, 11) is 1.97. The van der Waals surface area contributed by atoms with Crippen molar-refractivity contribution in [1.29, 1.82) is 0 Å². The van der Waals surface area contributed by atoms with E-state index in [9.17, 15) is 4.79 Å². The van der Waals surface area contributed by atoms with Crippen LogP contribution in [0.2, 0.25) is 0 Å². The van der Waals surface area contributed by atoms with Gasteiger partial charge in [-0.15, -0.1) is 0 Å². The standard InChI is InChI=1S/C17H22N2O2/c1-13-11-16(14(2)19(13)3)17(20)12-21-10-4-5-15-6-8-18-9-7-15/h6-9,11H,4-5,10,12H2,1-3H3. The summed E-state index contributed by atoms with van der Waals surface area (Å²) < 4.78 is 7.53. The van der Waals surface area contributed by atoms with E-state index in [1.807, 2.05) is 43.7 Å². The zero-order chi connectivity index (χ0) is 15.2. The van der Waals surface area contributed by atoms with E-state index in [2.05, 4.69) is 4.98 Å². The molecule has 0 unspecified atom stereocenters. The molecule has 0 spiro atoms. The molecule has 0 N–H and O–H groups in total. The molecule has 0 atom stereocenters. The molecule has 0 aliphatic carbocycles. The first-order chi connectivity index (χ1) is 10.1. The van der Waals surface area contributed by atoms with Gasteiger partial charge in [0.2, 0.25) is 0 Å². The number of nitrogens with zero attached hydrogens (tertiary/aromatic N) is 2. The molecule has 21 heavy (non-hydrogen) atoms. The van der Waals surface area contributed by atoms with E-state index in [-0.39, 0.29) is 12.4 Å². The number of hydrogen-bond acceptors (Lipinski definition) is 3. The Labute approximate surface area is 125 Å². The van der Waals surface area contributed by atoms with Crippen molar-refractivity contribution in [2.24, 2.45) is 7.05 Å². The van der Waals surface area contributed by atoms with Gasteiger partial charge in [0.25, 0.3) is 0 Å². The maximum atomic E-state index is 12.1. The highest BCUT2D eigenvalue weighted by Gasteiger charge is 2.13. The number of ketones is 1. The van der Waals surface area contributed by atoms with Gasteiger partial charge in [-0.05, 0) is 50.5 Å². The second-order valence-corrected chi connectivity index (χ2v) is 5.28. The first kappa shape index (κ1) is 15.4. The summed E-state index contributed by atoms with van der Waals surface area (Å²) in [5.74, 6) is 0.0557. The van der Waals surface area contributed by atoms with Crippen molar-refractivity contribution >= 4 is 5.78 Å². The minimum atomic E-state index is 0.0557. The van der Waals surface area contributed by atoms with Crippen LogP contribution in [0.1, 0.15) is 33.7 Å². The average Bonchev–Trinajstić information content (AvgIpc) is 2.75. The molecule has 0 saturated carbocycles. The topological polar surface area (TPSA) is 44.1 Å². The van der Waals surface area contributed by atoms with Gasteiger partial charge < -0.3 is 9.30 Å². The van der Waals surface area contributed by atoms with Crippen LogP contribution >= 0.6 is 0 Å². The quantitative estimate of drug-likeness (QED) is 0.580. The van der Waals surface area contributed by atoms with Gasteiger partial charge in [0.15, 0.2) is 5.78 Å². The molecular weight excluding hydrogens is 264 g/mol. The molecule has 0 aliphatic rings. The van der Waals surface area contributed by atoms with Crippen LogP contribution in [0.3, 0.4) is 0 Å². The van der Waals surface area contributed by atoms with Crippen LogP contribution in [0.4, 0.5) is 0 Å². The van der Waals surface area contributed by atoms with E-state index in [0.717, 1.165) is 29.8 Å². The lowest BCUT2D eigenvalue weighted by Crippen LogP contribution is -2.11. The molecule has 0 radical (unpaired) electrons. The second kappa shape index (κ2) is 7.18. The van der Waals surface area contributed by atoms with Crippen molar-refractivity contribution in [2.75, 3.05) is 13.2 Å². The van der Waals surface area contributed by atoms with Gasteiger partial charge in [-0.1, -0.05) is 0 Å². The Bertz CT molecular complexity index is 603. The number of pyridine rings is 1. The molecule has 2 rings (SSSR count). The summed E-state index contributed by atoms with van der Waals surface area (Å²) in [6, 6.07) is 5.93. The Morgan fingerprint density at radius 2 is 2.00 bits per heavy atom. The normalized spacial score (nSPS) is 10.8. The molecule has 0 amide bonds. The van der Waals surface area contributed by atoms with E-state index < -0.39 is 0 Å². The third kappa shape index (κ3) is 4.02. The Morgan fingerprint density at radius 3 is 2.62 bits per heavy atom. The van der Waals surface area contributed by atoms with Crippen LogP contribution in [0.25, 0.3) is 0 Å². The van der Waals surface area contributed by atoms with Crippen molar-refractivity contribution in [3.05, 3.63) is 53.1 Å². The van der Waals surface area contributed by atoms with Crippen molar-refractivity contribution < 1.29 is 9.53 Å². The van der Waals surface area contributed by atoms with Crippen molar-refractivity contribution in [1.82, 2.24) is 9.55 Å². The Kier molecular flexibility index (Phi) is 5.28. The van der Waals surface area contributed by atoms with Crippen LogP contribution in [0.15, 0.2) is 30.6 Å². The first-order valence-electron chi connectivity index (χ1n) is 7.22. The molecule has 112 valence electrons. The maximum Gasteiger partial charge on any atom is 0.190 e. The van der Waals surface area contributed by atoms with Gasteiger partial charge >= 0.3 is 0 Å². The number of aromatic nitrogens is 2. The van der Waals surface area contributed by atoms with E-state index in [0.29, 0.717) is 6.61 Å². The minimum Gasteiger partial charge on any atom is -0.373 e. The molecule has 4 nitrogen and oxygen atoms in total. The summed E-state index contributed by atoms with van der Waals surface area (Å²) in [5.41, 5.74) is 4.10. The first-order valence-corrected chi connectivity index (χ1v) is 7.22. The van der Waals surface area contributed by atoms with Crippen LogP contribution in [0, 0.1) is 13.8 Å². The molecule has 0 aliphatic heterocycles. The average molecular weight is 286 g/mol. The molecule has 2 aromatic heterocycles. The molecular formula is C17H22N2O2. The fraction of sp³-hybridized carbons (Fsp3) is 0.412. The number of aryl methyl sites for hydroxylation is 2. The Hall–Kier alpha value is -1.94. The van der Waals surface area contributed by atoms with Gasteiger partial charge in [0.05, 0.1) is 0 Å². The predicted molar refractivity (Wildman–Crippen MR) is 82.6 cm³/mol. The van der Waals surface area contributed by atoms with E-state index in [1.54, 1.807) is 12.4 Å². The second-order valence-electron chi connectivity index (χ2n) is 5.28. The zero-order valence-electron chi connectivity index (χ0n) is 12.9. The number of rotatable bonds is 7. The molecule has 2 heterocycles. The SMILES string of the molecule is Cc1cc(C(=O)COCCCc2ccncc2)c(C)n1C. The number of Topliss-reactive ketones (excluding diaryl/α,β-unsaturated/α-hetero) is 1. The summed E-state index contributed by atoms with van der Waals surface area (Å²) in [4.78, 5) is 16.1. The number of carbonyl (C=O) groups is 1. The van der Waals surface area contributed by atoms with Crippen molar-refractivity contribution in [3.8, 4) is 0 Å². The smallest absolute Gasteiger partial charge is 0.190 e. The predicted octanol–water partition coefficient (Wildman–Crippen LogP) is 2.87. The van der Waals surface area contributed by atoms with Gasteiger partial charge in [-0.2, -0.15) is 0 Å². The number of ether oxygens (including phenoxy) is 1. The fourth-order valence-corrected chi connectivity index (χ4v) is 2.31. The molecule has 4 heteroatoms. The number of carbonyl (C=O) groups excluding carboxylic acids is 1. The molecule has 0 aromatic carbocycles. The zero-order valence-corrected chi connectivity index (χ0v) is 12.9. The number of hydrogen-bond donors (Lipinski definition) is 0. The van der Waals surface area contributed by atoms with Crippen LogP contribution in [-0.2, 0) is 18.2 Å². The monoisotopic (exact) mass is 286 g/mol. The highest BCUT2D eigenvalue weighted by atomic mass is 16.5. The molecule has 2 aromatic rings. The minimum absolute atomic E-state index is 0.0557. The van der Waals surface area contributed by atoms with Crippen LogP contribution < -0.4 is 0 Å². The fourth-order valence-electron chi connectivity index (χ4n) is 2.31. The van der Waals surface area contributed by atoms with Gasteiger partial charge in [-0.25, -0.2) is 0 Å². The van der Waals surface area contributed by atoms with E-state index >= 15 is 0 Å².